The quantitative estimate of drug-likeness (QED) is 0.864. The van der Waals surface area contributed by atoms with Crippen molar-refractivity contribution in [3.05, 3.63) is 53.7 Å². The molecule has 2 aliphatic rings. The third-order valence-corrected chi connectivity index (χ3v) is 5.21. The Labute approximate surface area is 142 Å². The highest BCUT2D eigenvalue weighted by Gasteiger charge is 2.28. The Morgan fingerprint density at radius 3 is 2.42 bits per heavy atom. The first-order valence-corrected chi connectivity index (χ1v) is 8.83. The van der Waals surface area contributed by atoms with Crippen LogP contribution in [-0.4, -0.2) is 41.0 Å². The van der Waals surface area contributed by atoms with E-state index in [4.69, 9.17) is 0 Å². The maximum Gasteiger partial charge on any atom is 0.187 e. The monoisotopic (exact) mass is 326 g/mol. The summed E-state index contributed by atoms with van der Waals surface area (Å²) < 4.78 is 14.8. The molecule has 4 nitrogen and oxygen atoms in total. The predicted octanol–water partition coefficient (Wildman–Crippen LogP) is 3.21. The molecule has 0 unspecified atom stereocenters. The zero-order chi connectivity index (χ0) is 16.4. The van der Waals surface area contributed by atoms with Crippen LogP contribution in [0.5, 0.6) is 0 Å². The summed E-state index contributed by atoms with van der Waals surface area (Å²) in [4.78, 5) is 12.9. The normalized spacial score (nSPS) is 19.3. The molecule has 1 aliphatic carbocycles. The molecule has 2 aromatic rings. The zero-order valence-electron chi connectivity index (χ0n) is 13.9. The summed E-state index contributed by atoms with van der Waals surface area (Å²) in [5, 5.41) is 0. The van der Waals surface area contributed by atoms with Crippen molar-refractivity contribution in [1.29, 1.82) is 0 Å². The summed E-state index contributed by atoms with van der Waals surface area (Å²) in [6, 6.07) is 10.5. The smallest absolute Gasteiger partial charge is 0.187 e. The molecule has 5 heteroatoms. The fourth-order valence-corrected chi connectivity index (χ4v) is 3.52. The fraction of sp³-hybridized carbons (Fsp3) is 0.474. The molecule has 2 heterocycles. The van der Waals surface area contributed by atoms with Gasteiger partial charge >= 0.3 is 0 Å². The molecule has 1 aromatic heterocycles. The van der Waals surface area contributed by atoms with Crippen molar-refractivity contribution < 1.29 is 4.39 Å². The summed E-state index contributed by atoms with van der Waals surface area (Å²) >= 11 is 0. The highest BCUT2D eigenvalue weighted by atomic mass is 19.1. The number of halogens is 1. The highest BCUT2D eigenvalue weighted by molar-refractivity contribution is 5.42. The van der Waals surface area contributed by atoms with Gasteiger partial charge in [0.25, 0.3) is 0 Å². The van der Waals surface area contributed by atoms with E-state index in [1.807, 2.05) is 6.07 Å². The van der Waals surface area contributed by atoms with E-state index in [0.717, 1.165) is 45.6 Å². The topological polar surface area (TPSA) is 32.3 Å². The molecule has 0 amide bonds. The second-order valence-corrected chi connectivity index (χ2v) is 6.77. The van der Waals surface area contributed by atoms with Crippen LogP contribution >= 0.6 is 0 Å². The molecule has 126 valence electrons. The zero-order valence-corrected chi connectivity index (χ0v) is 13.9. The van der Waals surface area contributed by atoms with E-state index in [-0.39, 0.29) is 5.82 Å². The Kier molecular flexibility index (Phi) is 4.43. The van der Waals surface area contributed by atoms with Crippen LogP contribution in [0.3, 0.4) is 0 Å². The molecule has 1 saturated carbocycles. The Balaban J connectivity index is 1.41. The van der Waals surface area contributed by atoms with E-state index >= 15 is 0 Å². The van der Waals surface area contributed by atoms with Gasteiger partial charge in [0.1, 0.15) is 6.33 Å². The maximum absolute atomic E-state index is 14.8. The average Bonchev–Trinajstić information content (AvgIpc) is 2.57. The molecular formula is C19H23FN4. The molecule has 0 N–H and O–H groups in total. The molecule has 0 radical (unpaired) electrons. The van der Waals surface area contributed by atoms with Crippen molar-refractivity contribution in [3.8, 4) is 0 Å². The van der Waals surface area contributed by atoms with Gasteiger partial charge in [-0.2, -0.15) is 0 Å². The van der Waals surface area contributed by atoms with E-state index in [1.54, 1.807) is 0 Å². The van der Waals surface area contributed by atoms with Crippen molar-refractivity contribution in [1.82, 2.24) is 14.9 Å². The fourth-order valence-electron chi connectivity index (χ4n) is 3.52. The number of anilines is 1. The Bertz CT molecular complexity index is 679. The Morgan fingerprint density at radius 1 is 1.00 bits per heavy atom. The molecule has 2 fully saturated rings. The van der Waals surface area contributed by atoms with Crippen LogP contribution in [0, 0.1) is 5.82 Å². The SMILES string of the molecule is Fc1c(C2CCC2)ncnc1N1CCN(Cc2ccccc2)CC1. The first-order valence-electron chi connectivity index (χ1n) is 8.83. The molecule has 1 aromatic carbocycles. The Hall–Kier alpha value is -2.01. The number of nitrogens with zero attached hydrogens (tertiary/aromatic N) is 4. The van der Waals surface area contributed by atoms with E-state index < -0.39 is 0 Å². The number of aromatic nitrogens is 2. The van der Waals surface area contributed by atoms with E-state index in [1.165, 1.54) is 18.3 Å². The number of benzene rings is 1. The third-order valence-electron chi connectivity index (χ3n) is 5.21. The minimum absolute atomic E-state index is 0.196. The molecule has 0 atom stereocenters. The van der Waals surface area contributed by atoms with Gasteiger partial charge in [-0.1, -0.05) is 36.8 Å². The second-order valence-electron chi connectivity index (χ2n) is 6.77. The summed E-state index contributed by atoms with van der Waals surface area (Å²) in [6.45, 7) is 4.43. The minimum Gasteiger partial charge on any atom is -0.352 e. The van der Waals surface area contributed by atoms with E-state index in [9.17, 15) is 4.39 Å². The van der Waals surface area contributed by atoms with Crippen LogP contribution in [0.2, 0.25) is 0 Å². The Morgan fingerprint density at radius 2 is 1.75 bits per heavy atom. The van der Waals surface area contributed by atoms with Gasteiger partial charge in [0.05, 0.1) is 5.69 Å². The van der Waals surface area contributed by atoms with Crippen molar-refractivity contribution in [2.45, 2.75) is 31.7 Å². The van der Waals surface area contributed by atoms with Crippen LogP contribution in [0.1, 0.15) is 36.4 Å². The van der Waals surface area contributed by atoms with E-state index in [0.29, 0.717) is 17.4 Å². The van der Waals surface area contributed by atoms with Gasteiger partial charge in [-0.3, -0.25) is 4.90 Å². The second kappa shape index (κ2) is 6.85. The maximum atomic E-state index is 14.8. The highest BCUT2D eigenvalue weighted by Crippen LogP contribution is 2.37. The van der Waals surface area contributed by atoms with Gasteiger partial charge in [-0.15, -0.1) is 0 Å². The largest absolute Gasteiger partial charge is 0.352 e. The molecular weight excluding hydrogens is 303 g/mol. The third kappa shape index (κ3) is 3.13. The number of rotatable bonds is 4. The number of hydrogen-bond acceptors (Lipinski definition) is 4. The molecule has 24 heavy (non-hydrogen) atoms. The van der Waals surface area contributed by atoms with Crippen LogP contribution in [0.4, 0.5) is 10.2 Å². The minimum atomic E-state index is -0.196. The molecule has 0 bridgehead atoms. The van der Waals surface area contributed by atoms with Crippen molar-refractivity contribution in [2.75, 3.05) is 31.1 Å². The van der Waals surface area contributed by atoms with Crippen LogP contribution in [0.25, 0.3) is 0 Å². The van der Waals surface area contributed by atoms with Crippen molar-refractivity contribution in [3.63, 3.8) is 0 Å². The van der Waals surface area contributed by atoms with Crippen molar-refractivity contribution >= 4 is 5.82 Å². The summed E-state index contributed by atoms with van der Waals surface area (Å²) in [7, 11) is 0. The van der Waals surface area contributed by atoms with Crippen LogP contribution in [0.15, 0.2) is 36.7 Å². The standard InChI is InChI=1S/C19H23FN4/c20-17-18(16-7-4-8-16)21-14-22-19(17)24-11-9-23(10-12-24)13-15-5-2-1-3-6-15/h1-3,5-6,14,16H,4,7-13H2. The van der Waals surface area contributed by atoms with Gasteiger partial charge in [0.2, 0.25) is 0 Å². The van der Waals surface area contributed by atoms with Gasteiger partial charge in [0, 0.05) is 38.6 Å². The summed E-state index contributed by atoms with van der Waals surface area (Å²) in [5.74, 6) is 0.594. The van der Waals surface area contributed by atoms with Gasteiger partial charge in [0.15, 0.2) is 11.6 Å². The lowest BCUT2D eigenvalue weighted by Crippen LogP contribution is -2.46. The van der Waals surface area contributed by atoms with Crippen molar-refractivity contribution in [2.24, 2.45) is 0 Å². The van der Waals surface area contributed by atoms with Crippen LogP contribution in [-0.2, 0) is 6.54 Å². The average molecular weight is 326 g/mol. The molecule has 1 aliphatic heterocycles. The van der Waals surface area contributed by atoms with Gasteiger partial charge < -0.3 is 4.90 Å². The van der Waals surface area contributed by atoms with Crippen LogP contribution < -0.4 is 4.90 Å². The lowest BCUT2D eigenvalue weighted by Gasteiger charge is -2.36. The predicted molar refractivity (Wildman–Crippen MR) is 92.5 cm³/mol. The molecule has 4 rings (SSSR count). The first-order chi connectivity index (χ1) is 11.8. The lowest BCUT2D eigenvalue weighted by molar-refractivity contribution is 0.248. The molecule has 1 saturated heterocycles. The van der Waals surface area contributed by atoms with Gasteiger partial charge in [-0.05, 0) is 18.4 Å². The molecule has 0 spiro atoms. The number of piperazine rings is 1. The van der Waals surface area contributed by atoms with E-state index in [2.05, 4.69) is 44.0 Å². The number of hydrogen-bond donors (Lipinski definition) is 0. The summed E-state index contributed by atoms with van der Waals surface area (Å²) in [6.07, 6.45) is 4.82. The first kappa shape index (κ1) is 15.5. The lowest BCUT2D eigenvalue weighted by atomic mass is 9.82. The van der Waals surface area contributed by atoms with Gasteiger partial charge in [-0.25, -0.2) is 14.4 Å². The summed E-state index contributed by atoms with van der Waals surface area (Å²) in [5.41, 5.74) is 1.95.